The predicted octanol–water partition coefficient (Wildman–Crippen LogP) is 4.36. The van der Waals surface area contributed by atoms with Crippen LogP contribution in [-0.2, 0) is 16.3 Å². The first kappa shape index (κ1) is 20.2. The third-order valence-electron chi connectivity index (χ3n) is 5.18. The number of benzene rings is 2. The summed E-state index contributed by atoms with van der Waals surface area (Å²) in [4.78, 5) is 0. The van der Waals surface area contributed by atoms with Gasteiger partial charge in [-0.05, 0) is 0 Å². The summed E-state index contributed by atoms with van der Waals surface area (Å²) in [5.41, 5.74) is 1.33. The summed E-state index contributed by atoms with van der Waals surface area (Å²) >= 11 is -2.68. The summed E-state index contributed by atoms with van der Waals surface area (Å²) in [6.45, 7) is 1.79. The first-order valence-corrected chi connectivity index (χ1v) is 17.4. The van der Waals surface area contributed by atoms with Gasteiger partial charge in [0.2, 0.25) is 0 Å². The second-order valence-corrected chi connectivity index (χ2v) is 20.5. The first-order valence-electron chi connectivity index (χ1n) is 9.19. The van der Waals surface area contributed by atoms with Gasteiger partial charge >= 0.3 is 156 Å². The van der Waals surface area contributed by atoms with Crippen LogP contribution in [0.1, 0.15) is 31.7 Å². The third-order valence-corrected chi connectivity index (χ3v) is 20.2. The van der Waals surface area contributed by atoms with Gasteiger partial charge in [-0.3, -0.25) is 0 Å². The van der Waals surface area contributed by atoms with E-state index in [9.17, 15) is 8.42 Å². The monoisotopic (exact) mass is 420 g/mol. The average Bonchev–Trinajstić information content (AvgIpc) is 2.62. The molecule has 2 aromatic carbocycles. The van der Waals surface area contributed by atoms with Crippen molar-refractivity contribution >= 4 is 27.5 Å². The van der Waals surface area contributed by atoms with Gasteiger partial charge in [0, 0.05) is 0 Å². The topological polar surface area (TPSA) is 34.1 Å². The van der Waals surface area contributed by atoms with Gasteiger partial charge in [0.05, 0.1) is 0 Å². The molecule has 4 heteroatoms. The van der Waals surface area contributed by atoms with E-state index in [1.165, 1.54) is 9.96 Å². The SMILES string of the molecule is CCS(=O)(=O)[CH](CCCCc1ccccc1)[Ge]([CH3])([CH3])[c]1ccccc1. The van der Waals surface area contributed by atoms with Crippen LogP contribution in [0.15, 0.2) is 60.7 Å². The molecular weight excluding hydrogens is 389 g/mol. The van der Waals surface area contributed by atoms with Gasteiger partial charge < -0.3 is 0 Å². The molecule has 0 aliphatic heterocycles. The number of hydrogen-bond acceptors (Lipinski definition) is 2. The van der Waals surface area contributed by atoms with Crippen molar-refractivity contribution in [1.82, 2.24) is 0 Å². The van der Waals surface area contributed by atoms with Crippen LogP contribution in [0, 0.1) is 0 Å². The van der Waals surface area contributed by atoms with E-state index in [1.807, 2.05) is 24.3 Å². The molecule has 0 saturated heterocycles. The molecule has 0 saturated carbocycles. The number of unbranched alkanes of at least 4 members (excludes halogenated alkanes) is 1. The molecule has 2 nitrogen and oxygen atoms in total. The first-order chi connectivity index (χ1) is 11.9. The van der Waals surface area contributed by atoms with Gasteiger partial charge in [-0.15, -0.1) is 0 Å². The van der Waals surface area contributed by atoms with Crippen LogP contribution < -0.4 is 4.40 Å². The Bertz CT molecular complexity index is 740. The molecule has 1 atom stereocenters. The fourth-order valence-corrected chi connectivity index (χ4v) is 17.7. The average molecular weight is 419 g/mol. The normalized spacial score (nSPS) is 13.6. The fourth-order valence-electron chi connectivity index (χ4n) is 3.55. The molecule has 0 aromatic heterocycles. The van der Waals surface area contributed by atoms with Gasteiger partial charge in [0.15, 0.2) is 0 Å². The summed E-state index contributed by atoms with van der Waals surface area (Å²) < 4.78 is 26.8. The van der Waals surface area contributed by atoms with Crippen LogP contribution in [-0.4, -0.2) is 31.5 Å². The molecule has 0 heterocycles. The van der Waals surface area contributed by atoms with Gasteiger partial charge in [0.25, 0.3) is 0 Å². The molecule has 0 fully saturated rings. The molecule has 2 aromatic rings. The Morgan fingerprint density at radius 3 is 2.00 bits per heavy atom. The van der Waals surface area contributed by atoms with Crippen molar-refractivity contribution in [3.05, 3.63) is 66.2 Å². The second-order valence-electron chi connectivity index (χ2n) is 7.26. The zero-order valence-electron chi connectivity index (χ0n) is 15.6. The van der Waals surface area contributed by atoms with E-state index in [2.05, 4.69) is 47.9 Å². The minimum absolute atomic E-state index is 0.157. The molecule has 0 radical (unpaired) electrons. The van der Waals surface area contributed by atoms with Crippen molar-refractivity contribution in [1.29, 1.82) is 0 Å². The number of aryl methyl sites for hydroxylation is 1. The van der Waals surface area contributed by atoms with Crippen molar-refractivity contribution in [2.75, 3.05) is 5.75 Å². The molecule has 1 unspecified atom stereocenters. The van der Waals surface area contributed by atoms with E-state index in [1.54, 1.807) is 6.92 Å². The molecule has 25 heavy (non-hydrogen) atoms. The van der Waals surface area contributed by atoms with Gasteiger partial charge in [0.1, 0.15) is 0 Å². The van der Waals surface area contributed by atoms with E-state index >= 15 is 0 Å². The molecule has 2 rings (SSSR count). The molecule has 136 valence electrons. The van der Waals surface area contributed by atoms with Gasteiger partial charge in [-0.1, -0.05) is 0 Å². The zero-order chi connectivity index (χ0) is 18.3. The molecular formula is C21H30GeO2S. The second kappa shape index (κ2) is 9.04. The summed E-state index contributed by atoms with van der Waals surface area (Å²) in [6.07, 6.45) is 3.84. The molecule has 0 amide bonds. The summed E-state index contributed by atoms with van der Waals surface area (Å²) in [7, 11) is -3.03. The Morgan fingerprint density at radius 2 is 1.44 bits per heavy atom. The van der Waals surface area contributed by atoms with Crippen molar-refractivity contribution in [3.8, 4) is 0 Å². The molecule has 0 N–H and O–H groups in total. The Kier molecular flexibility index (Phi) is 7.32. The van der Waals surface area contributed by atoms with Crippen molar-refractivity contribution in [2.45, 2.75) is 48.2 Å². The van der Waals surface area contributed by atoms with Gasteiger partial charge in [-0.2, -0.15) is 0 Å². The maximum absolute atomic E-state index is 12.8. The summed E-state index contributed by atoms with van der Waals surface area (Å²) in [6, 6.07) is 20.8. The van der Waals surface area contributed by atoms with Crippen molar-refractivity contribution < 1.29 is 8.42 Å². The van der Waals surface area contributed by atoms with E-state index in [0.29, 0.717) is 0 Å². The molecule has 0 bridgehead atoms. The predicted molar refractivity (Wildman–Crippen MR) is 111 cm³/mol. The Morgan fingerprint density at radius 1 is 0.880 bits per heavy atom. The van der Waals surface area contributed by atoms with E-state index < -0.39 is 23.1 Å². The van der Waals surface area contributed by atoms with Crippen LogP contribution in [0.5, 0.6) is 0 Å². The zero-order valence-corrected chi connectivity index (χ0v) is 18.5. The third kappa shape index (κ3) is 5.45. The van der Waals surface area contributed by atoms with Crippen LogP contribution in [0.25, 0.3) is 0 Å². The summed E-state index contributed by atoms with van der Waals surface area (Å²) in [5.74, 6) is 4.76. The summed E-state index contributed by atoms with van der Waals surface area (Å²) in [5, 5.41) is 0. The van der Waals surface area contributed by atoms with Crippen LogP contribution in [0.3, 0.4) is 0 Å². The number of sulfone groups is 1. The van der Waals surface area contributed by atoms with Crippen molar-refractivity contribution in [3.63, 3.8) is 0 Å². The minimum atomic E-state index is -3.03. The molecule has 0 spiro atoms. The van der Waals surface area contributed by atoms with E-state index in [0.717, 1.165) is 25.7 Å². The van der Waals surface area contributed by atoms with Gasteiger partial charge in [-0.25, -0.2) is 0 Å². The van der Waals surface area contributed by atoms with Crippen LogP contribution in [0.4, 0.5) is 0 Å². The molecule has 0 aliphatic rings. The maximum atomic E-state index is 12.8. The van der Waals surface area contributed by atoms with Crippen molar-refractivity contribution in [2.24, 2.45) is 0 Å². The Labute approximate surface area is 156 Å². The quantitative estimate of drug-likeness (QED) is 0.447. The Balaban J connectivity index is 2.09. The fraction of sp³-hybridized carbons (Fsp3) is 0.429. The standard InChI is InChI=1S/C21H30GeO2S/c1-4-25(23,24)21(22(2,3)20-16-9-6-10-17-20)18-12-11-15-19-13-7-5-8-14-19/h5-10,13-14,16-17,21H,4,11-12,15,18H2,1-3H3. The van der Waals surface area contributed by atoms with E-state index in [-0.39, 0.29) is 9.84 Å². The van der Waals surface area contributed by atoms with E-state index in [4.69, 9.17) is 0 Å². The number of hydrogen-bond donors (Lipinski definition) is 0. The number of rotatable bonds is 9. The molecule has 0 aliphatic carbocycles. The Hall–Kier alpha value is -1.07. The van der Waals surface area contributed by atoms with Crippen LogP contribution in [0.2, 0.25) is 11.5 Å². The van der Waals surface area contributed by atoms with Crippen LogP contribution >= 0.6 is 0 Å².